The maximum Gasteiger partial charge on any atom is 0.410 e. The molecule has 1 saturated heterocycles. The van der Waals surface area contributed by atoms with Gasteiger partial charge in [-0.1, -0.05) is 60.7 Å². The van der Waals surface area contributed by atoms with Gasteiger partial charge in [-0.15, -0.1) is 0 Å². The molecule has 2 aliphatic heterocycles. The molecule has 0 aliphatic carbocycles. The van der Waals surface area contributed by atoms with Crippen molar-refractivity contribution in [1.29, 1.82) is 0 Å². The number of benzene rings is 3. The van der Waals surface area contributed by atoms with Crippen LogP contribution < -0.4 is 5.32 Å². The van der Waals surface area contributed by atoms with Crippen LogP contribution in [0.2, 0.25) is 0 Å². The van der Waals surface area contributed by atoms with Crippen molar-refractivity contribution in [1.82, 2.24) is 9.80 Å². The zero-order valence-corrected chi connectivity index (χ0v) is 24.3. The maximum atomic E-state index is 14.7. The zero-order valence-electron chi connectivity index (χ0n) is 24.3. The predicted octanol–water partition coefficient (Wildman–Crippen LogP) is 7.51. The first-order valence-corrected chi connectivity index (χ1v) is 14.4. The Labute approximate surface area is 246 Å². The molecule has 0 aromatic heterocycles. The fourth-order valence-electron chi connectivity index (χ4n) is 5.60. The van der Waals surface area contributed by atoms with Crippen molar-refractivity contribution in [2.45, 2.75) is 57.7 Å². The fraction of sp³-hybridized carbons (Fsp3) is 0.353. The number of hydrogen-bond donors (Lipinski definition) is 1. The van der Waals surface area contributed by atoms with Gasteiger partial charge in [0.2, 0.25) is 5.91 Å². The van der Waals surface area contributed by atoms with E-state index in [9.17, 15) is 18.4 Å². The molecule has 0 spiro atoms. The molecule has 2 heterocycles. The van der Waals surface area contributed by atoms with Gasteiger partial charge in [0.1, 0.15) is 23.3 Å². The molecular formula is C34H37F2N3O3. The van der Waals surface area contributed by atoms with Gasteiger partial charge in [-0.05, 0) is 74.9 Å². The van der Waals surface area contributed by atoms with E-state index in [-0.39, 0.29) is 29.5 Å². The number of halogens is 2. The van der Waals surface area contributed by atoms with E-state index in [2.05, 4.69) is 5.32 Å². The van der Waals surface area contributed by atoms with E-state index >= 15 is 0 Å². The van der Waals surface area contributed by atoms with Crippen LogP contribution in [0.3, 0.4) is 0 Å². The van der Waals surface area contributed by atoms with E-state index in [1.54, 1.807) is 46.2 Å². The lowest BCUT2D eigenvalue weighted by Gasteiger charge is -2.31. The Bertz CT molecular complexity index is 1470. The Morgan fingerprint density at radius 2 is 1.62 bits per heavy atom. The highest BCUT2D eigenvalue weighted by molar-refractivity contribution is 5.87. The molecule has 3 aromatic rings. The lowest BCUT2D eigenvalue weighted by Crippen LogP contribution is -2.39. The molecule has 2 aliphatic rings. The van der Waals surface area contributed by atoms with Crippen LogP contribution in [-0.2, 0) is 9.53 Å². The van der Waals surface area contributed by atoms with Crippen molar-refractivity contribution in [3.8, 4) is 0 Å². The molecule has 42 heavy (non-hydrogen) atoms. The lowest BCUT2D eigenvalue weighted by atomic mass is 9.96. The molecule has 5 rings (SSSR count). The first-order valence-electron chi connectivity index (χ1n) is 14.4. The molecule has 1 N–H and O–H groups in total. The summed E-state index contributed by atoms with van der Waals surface area (Å²) in [5.74, 6) is -1.03. The Kier molecular flexibility index (Phi) is 8.61. The van der Waals surface area contributed by atoms with Crippen molar-refractivity contribution in [2.24, 2.45) is 0 Å². The minimum absolute atomic E-state index is 0.221. The summed E-state index contributed by atoms with van der Waals surface area (Å²) in [6.45, 7) is 7.03. The van der Waals surface area contributed by atoms with Crippen LogP contribution in [0, 0.1) is 11.6 Å². The average Bonchev–Trinajstić information content (AvgIpc) is 3.46. The molecule has 0 radical (unpaired) electrons. The van der Waals surface area contributed by atoms with E-state index in [0.29, 0.717) is 43.6 Å². The summed E-state index contributed by atoms with van der Waals surface area (Å²) < 4.78 is 34.9. The number of carbonyl (C=O) groups is 2. The first-order chi connectivity index (χ1) is 20.1. The van der Waals surface area contributed by atoms with Crippen LogP contribution >= 0.6 is 0 Å². The van der Waals surface area contributed by atoms with E-state index < -0.39 is 17.5 Å². The van der Waals surface area contributed by atoms with Crippen LogP contribution in [0.1, 0.15) is 68.8 Å². The monoisotopic (exact) mass is 573 g/mol. The molecule has 0 saturated carbocycles. The van der Waals surface area contributed by atoms with Gasteiger partial charge in [-0.25, -0.2) is 13.6 Å². The van der Waals surface area contributed by atoms with E-state index in [0.717, 1.165) is 17.6 Å². The zero-order chi connectivity index (χ0) is 29.9. The molecule has 0 bridgehead atoms. The summed E-state index contributed by atoms with van der Waals surface area (Å²) in [4.78, 5) is 29.9. The summed E-state index contributed by atoms with van der Waals surface area (Å²) in [5.41, 5.74) is 2.94. The topological polar surface area (TPSA) is 61.9 Å². The molecule has 8 heteroatoms. The van der Waals surface area contributed by atoms with Crippen molar-refractivity contribution in [3.63, 3.8) is 0 Å². The molecule has 2 unspecified atom stereocenters. The van der Waals surface area contributed by atoms with Gasteiger partial charge in [-0.3, -0.25) is 4.79 Å². The summed E-state index contributed by atoms with van der Waals surface area (Å²) >= 11 is 0. The number of hydrogen-bond acceptors (Lipinski definition) is 4. The number of rotatable bonds is 6. The molecule has 2 amide bonds. The van der Waals surface area contributed by atoms with Crippen LogP contribution in [-0.4, -0.2) is 47.0 Å². The normalized spacial score (nSPS) is 17.9. The molecule has 220 valence electrons. The van der Waals surface area contributed by atoms with Crippen LogP contribution in [0.15, 0.2) is 78.9 Å². The van der Waals surface area contributed by atoms with Gasteiger partial charge >= 0.3 is 6.09 Å². The first kappa shape index (κ1) is 29.3. The number of anilines is 1. The van der Waals surface area contributed by atoms with Gasteiger partial charge in [-0.2, -0.15) is 0 Å². The van der Waals surface area contributed by atoms with Gasteiger partial charge in [0.25, 0.3) is 0 Å². The smallest absolute Gasteiger partial charge is 0.410 e. The van der Waals surface area contributed by atoms with E-state index in [4.69, 9.17) is 4.74 Å². The highest BCUT2D eigenvalue weighted by atomic mass is 19.1. The molecule has 3 aromatic carbocycles. The van der Waals surface area contributed by atoms with Crippen LogP contribution in [0.25, 0.3) is 5.57 Å². The predicted molar refractivity (Wildman–Crippen MR) is 160 cm³/mol. The van der Waals surface area contributed by atoms with Crippen molar-refractivity contribution in [2.75, 3.05) is 25.0 Å². The van der Waals surface area contributed by atoms with E-state index in [1.165, 1.54) is 12.1 Å². The highest BCUT2D eigenvalue weighted by Gasteiger charge is 2.36. The summed E-state index contributed by atoms with van der Waals surface area (Å²) in [6.07, 6.45) is 3.78. The van der Waals surface area contributed by atoms with Crippen LogP contribution in [0.5, 0.6) is 0 Å². The van der Waals surface area contributed by atoms with Crippen molar-refractivity contribution >= 4 is 23.3 Å². The third-order valence-corrected chi connectivity index (χ3v) is 7.70. The molecule has 2 atom stereocenters. The maximum absolute atomic E-state index is 14.7. The summed E-state index contributed by atoms with van der Waals surface area (Å²) in [5, 5.41) is 3.13. The summed E-state index contributed by atoms with van der Waals surface area (Å²) in [7, 11) is 0. The Morgan fingerprint density at radius 1 is 0.929 bits per heavy atom. The van der Waals surface area contributed by atoms with Crippen LogP contribution in [0.4, 0.5) is 19.3 Å². The number of likely N-dealkylation sites (tertiary alicyclic amines) is 1. The summed E-state index contributed by atoms with van der Waals surface area (Å²) in [6, 6.07) is 19.2. The number of carbonyl (C=O) groups excluding carboxylic acids is 2. The largest absolute Gasteiger partial charge is 0.444 e. The van der Waals surface area contributed by atoms with Gasteiger partial charge in [0, 0.05) is 25.2 Å². The van der Waals surface area contributed by atoms with Gasteiger partial charge < -0.3 is 19.9 Å². The highest BCUT2D eigenvalue weighted by Crippen LogP contribution is 2.37. The number of nitrogens with zero attached hydrogens (tertiary/aromatic N) is 2. The quantitative estimate of drug-likeness (QED) is 0.332. The second-order valence-electron chi connectivity index (χ2n) is 11.8. The third kappa shape index (κ3) is 6.64. The minimum Gasteiger partial charge on any atom is -0.444 e. The second kappa shape index (κ2) is 12.3. The Morgan fingerprint density at radius 3 is 2.26 bits per heavy atom. The number of para-hydroxylation sites is 1. The van der Waals surface area contributed by atoms with Crippen molar-refractivity contribution in [3.05, 3.63) is 107 Å². The standard InChI is InChI=1S/C34H37F2N3O3/c1-34(2,3)42-33(41)38-21-18-24(19-22-38)23-14-16-25(17-15-23)31(37-29-12-7-6-11-28(29)36)32(40)39-20-8-13-30(39)26-9-4-5-10-27(26)35/h4-7,9-12,14-18,30-31,37H,8,13,19-22H2,1-3H3. The average molecular weight is 574 g/mol. The van der Waals surface area contributed by atoms with Gasteiger partial charge in [0.05, 0.1) is 11.7 Å². The number of nitrogens with one attached hydrogen (secondary N) is 1. The lowest BCUT2D eigenvalue weighted by molar-refractivity contribution is -0.133. The fourth-order valence-corrected chi connectivity index (χ4v) is 5.60. The van der Waals surface area contributed by atoms with E-state index in [1.807, 2.05) is 51.1 Å². The van der Waals surface area contributed by atoms with Gasteiger partial charge in [0.15, 0.2) is 0 Å². The number of ether oxygens (including phenoxy) is 1. The SMILES string of the molecule is CC(C)(C)OC(=O)N1CC=C(c2ccc(C(Nc3ccccc3F)C(=O)N3CCCC3c3ccccc3F)cc2)CC1. The third-order valence-electron chi connectivity index (χ3n) is 7.70. The number of amides is 2. The van der Waals surface area contributed by atoms with Crippen molar-refractivity contribution < 1.29 is 23.1 Å². The minimum atomic E-state index is -0.869. The molecule has 6 nitrogen and oxygen atoms in total. The Hall–Kier alpha value is -4.20. The second-order valence-corrected chi connectivity index (χ2v) is 11.8. The Balaban J connectivity index is 1.38. The molecular weight excluding hydrogens is 536 g/mol. The molecule has 1 fully saturated rings.